The second-order valence-corrected chi connectivity index (χ2v) is 8.00. The van der Waals surface area contributed by atoms with Crippen LogP contribution in [0.5, 0.6) is 17.2 Å². The Balaban J connectivity index is 1.63. The monoisotopic (exact) mass is 492 g/mol. The minimum Gasteiger partial charge on any atom is -0.497 e. The molecule has 188 valence electrons. The van der Waals surface area contributed by atoms with Crippen molar-refractivity contribution in [1.82, 2.24) is 20.7 Å². The molecule has 1 fully saturated rings. The Bertz CT molecular complexity index is 1120. The molecule has 1 atom stereocenters. The average Bonchev–Trinajstić information content (AvgIpc) is 3.03. The lowest BCUT2D eigenvalue weighted by Crippen LogP contribution is -2.50. The summed E-state index contributed by atoms with van der Waals surface area (Å²) in [5, 5.41) is 3.25. The molecule has 0 aromatic heterocycles. The normalized spacial score (nSPS) is 17.5. The molecule has 2 aromatic carbocycles. The van der Waals surface area contributed by atoms with Gasteiger partial charge in [-0.2, -0.15) is 13.8 Å². The van der Waals surface area contributed by atoms with Crippen LogP contribution in [0.1, 0.15) is 18.1 Å². The molecule has 0 saturated carbocycles. The molecule has 1 saturated heterocycles. The van der Waals surface area contributed by atoms with Gasteiger partial charge in [0.25, 0.3) is 11.8 Å². The molecule has 0 radical (unpaired) electrons. The third-order valence-electron chi connectivity index (χ3n) is 5.38. The number of carbonyl (C=O) groups is 3. The molecule has 0 spiro atoms. The largest absolute Gasteiger partial charge is 0.497 e. The molecular weight excluding hydrogens is 466 g/mol. The number of methoxy groups -OCH3 is 2. The van der Waals surface area contributed by atoms with E-state index in [0.717, 1.165) is 0 Å². The smallest absolute Gasteiger partial charge is 0.387 e. The maximum atomic E-state index is 13.0. The Hall–Kier alpha value is -3.93. The van der Waals surface area contributed by atoms with Gasteiger partial charge < -0.3 is 19.5 Å². The Morgan fingerprint density at radius 1 is 1.14 bits per heavy atom. The SMILES string of the molecule is COc1cccc(C2(C)NC(=O)N(NC(=O)CN(C)Cc3ccc(OC(F)F)c(OC)c3)C2=O)c1. The number of urea groups is 1. The molecule has 1 aliphatic rings. The van der Waals surface area contributed by atoms with E-state index in [2.05, 4.69) is 15.5 Å². The zero-order chi connectivity index (χ0) is 25.8. The van der Waals surface area contributed by atoms with Gasteiger partial charge in [0.05, 0.1) is 20.8 Å². The number of halogens is 2. The minimum absolute atomic E-state index is 0.107. The number of nitrogens with zero attached hydrogens (tertiary/aromatic N) is 2. The molecule has 0 aliphatic carbocycles. The number of hydrogen-bond donors (Lipinski definition) is 2. The van der Waals surface area contributed by atoms with Crippen molar-refractivity contribution >= 4 is 17.8 Å². The molecule has 0 bridgehead atoms. The van der Waals surface area contributed by atoms with Crippen molar-refractivity contribution < 1.29 is 37.4 Å². The van der Waals surface area contributed by atoms with Crippen molar-refractivity contribution in [2.75, 3.05) is 27.8 Å². The summed E-state index contributed by atoms with van der Waals surface area (Å²) in [6, 6.07) is 10.4. The summed E-state index contributed by atoms with van der Waals surface area (Å²) in [6.07, 6.45) is 0. The van der Waals surface area contributed by atoms with Gasteiger partial charge >= 0.3 is 12.6 Å². The van der Waals surface area contributed by atoms with Crippen molar-refractivity contribution in [3.8, 4) is 17.2 Å². The second kappa shape index (κ2) is 10.6. The number of hydrazine groups is 1. The fraction of sp³-hybridized carbons (Fsp3) is 0.348. The number of amides is 4. The first-order valence-electron chi connectivity index (χ1n) is 10.5. The van der Waals surface area contributed by atoms with Crippen LogP contribution in [0, 0.1) is 0 Å². The van der Waals surface area contributed by atoms with Crippen LogP contribution < -0.4 is 25.0 Å². The summed E-state index contributed by atoms with van der Waals surface area (Å²) in [7, 11) is 4.45. The van der Waals surface area contributed by atoms with Gasteiger partial charge in [0, 0.05) is 6.54 Å². The fourth-order valence-corrected chi connectivity index (χ4v) is 3.65. The zero-order valence-corrected chi connectivity index (χ0v) is 19.6. The van der Waals surface area contributed by atoms with Gasteiger partial charge in [0.15, 0.2) is 11.5 Å². The topological polar surface area (TPSA) is 109 Å². The highest BCUT2D eigenvalue weighted by molar-refractivity contribution is 6.08. The summed E-state index contributed by atoms with van der Waals surface area (Å²) in [6.45, 7) is -1.36. The van der Waals surface area contributed by atoms with Crippen LogP contribution in [0.2, 0.25) is 0 Å². The van der Waals surface area contributed by atoms with Gasteiger partial charge in [0.2, 0.25) is 0 Å². The number of imide groups is 1. The van der Waals surface area contributed by atoms with Crippen LogP contribution >= 0.6 is 0 Å². The second-order valence-electron chi connectivity index (χ2n) is 8.00. The number of nitrogens with one attached hydrogen (secondary N) is 2. The maximum absolute atomic E-state index is 13.0. The fourth-order valence-electron chi connectivity index (χ4n) is 3.65. The third kappa shape index (κ3) is 5.77. The van der Waals surface area contributed by atoms with Crippen LogP contribution in [0.25, 0.3) is 0 Å². The van der Waals surface area contributed by atoms with E-state index in [4.69, 9.17) is 9.47 Å². The summed E-state index contributed by atoms with van der Waals surface area (Å²) in [4.78, 5) is 39.7. The molecule has 1 aliphatic heterocycles. The number of carbonyl (C=O) groups excluding carboxylic acids is 3. The molecule has 10 nitrogen and oxygen atoms in total. The lowest BCUT2D eigenvalue weighted by Gasteiger charge is -2.23. The van der Waals surface area contributed by atoms with E-state index in [9.17, 15) is 23.2 Å². The molecular formula is C23H26F2N4O6. The van der Waals surface area contributed by atoms with Crippen molar-refractivity contribution in [2.24, 2.45) is 0 Å². The number of benzene rings is 2. The lowest BCUT2D eigenvalue weighted by atomic mass is 9.92. The molecule has 4 amide bonds. The minimum atomic E-state index is -2.99. The number of likely N-dealkylation sites (N-methyl/N-ethyl adjacent to an activating group) is 1. The predicted molar refractivity (Wildman–Crippen MR) is 120 cm³/mol. The van der Waals surface area contributed by atoms with Gasteiger partial charge in [-0.1, -0.05) is 18.2 Å². The van der Waals surface area contributed by atoms with E-state index in [1.165, 1.54) is 33.3 Å². The first-order valence-corrected chi connectivity index (χ1v) is 10.5. The summed E-state index contributed by atoms with van der Waals surface area (Å²) < 4.78 is 39.7. The Labute approximate surface area is 200 Å². The number of ether oxygens (including phenoxy) is 3. The summed E-state index contributed by atoms with van der Waals surface area (Å²) >= 11 is 0. The third-order valence-corrected chi connectivity index (χ3v) is 5.38. The predicted octanol–water partition coefficient (Wildman–Crippen LogP) is 2.24. The highest BCUT2D eigenvalue weighted by Gasteiger charge is 2.50. The van der Waals surface area contributed by atoms with E-state index in [1.54, 1.807) is 42.3 Å². The Morgan fingerprint density at radius 3 is 2.54 bits per heavy atom. The summed E-state index contributed by atoms with van der Waals surface area (Å²) in [5.74, 6) is -0.719. The average molecular weight is 492 g/mol. The number of alkyl halides is 2. The maximum Gasteiger partial charge on any atom is 0.387 e. The van der Waals surface area contributed by atoms with E-state index in [-0.39, 0.29) is 24.6 Å². The van der Waals surface area contributed by atoms with E-state index >= 15 is 0 Å². The summed E-state index contributed by atoms with van der Waals surface area (Å²) in [5.41, 5.74) is 2.11. The molecule has 12 heteroatoms. The van der Waals surface area contributed by atoms with E-state index in [1.807, 2.05) is 0 Å². The molecule has 1 heterocycles. The molecule has 3 rings (SSSR count). The zero-order valence-electron chi connectivity index (χ0n) is 19.6. The number of hydrogen-bond acceptors (Lipinski definition) is 7. The molecule has 2 aromatic rings. The first-order chi connectivity index (χ1) is 16.6. The lowest BCUT2D eigenvalue weighted by molar-refractivity contribution is -0.139. The van der Waals surface area contributed by atoms with Crippen LogP contribution in [0.3, 0.4) is 0 Å². The first kappa shape index (κ1) is 25.7. The van der Waals surface area contributed by atoms with Gasteiger partial charge in [-0.25, -0.2) is 4.79 Å². The quantitative estimate of drug-likeness (QED) is 0.490. The van der Waals surface area contributed by atoms with Gasteiger partial charge in [-0.3, -0.25) is 19.9 Å². The molecule has 35 heavy (non-hydrogen) atoms. The van der Waals surface area contributed by atoms with Crippen molar-refractivity contribution in [3.05, 3.63) is 53.6 Å². The van der Waals surface area contributed by atoms with Crippen LogP contribution in [0.4, 0.5) is 13.6 Å². The van der Waals surface area contributed by atoms with E-state index in [0.29, 0.717) is 21.9 Å². The molecule has 1 unspecified atom stereocenters. The van der Waals surface area contributed by atoms with Crippen LogP contribution in [-0.4, -0.2) is 62.2 Å². The highest BCUT2D eigenvalue weighted by Crippen LogP contribution is 2.31. The van der Waals surface area contributed by atoms with Crippen molar-refractivity contribution in [1.29, 1.82) is 0 Å². The van der Waals surface area contributed by atoms with Gasteiger partial charge in [0.1, 0.15) is 11.3 Å². The standard InChI is InChI=1S/C23H26F2N4O6/c1-23(15-6-5-7-16(11-15)33-3)20(31)29(22(32)26-23)27-19(30)13-28(2)12-14-8-9-17(35-21(24)25)18(10-14)34-4/h5-11,21H,12-13H2,1-4H3,(H,26,32)(H,27,30). The Morgan fingerprint density at radius 2 is 1.89 bits per heavy atom. The number of rotatable bonds is 10. The van der Waals surface area contributed by atoms with Crippen molar-refractivity contribution in [2.45, 2.75) is 25.6 Å². The Kier molecular flexibility index (Phi) is 7.75. The van der Waals surface area contributed by atoms with Gasteiger partial charge in [-0.15, -0.1) is 0 Å². The van der Waals surface area contributed by atoms with E-state index < -0.39 is 30.0 Å². The van der Waals surface area contributed by atoms with Crippen LogP contribution in [-0.2, 0) is 21.7 Å². The molecule has 2 N–H and O–H groups in total. The van der Waals surface area contributed by atoms with Gasteiger partial charge in [-0.05, 0) is 49.4 Å². The highest BCUT2D eigenvalue weighted by atomic mass is 19.3. The van der Waals surface area contributed by atoms with Crippen molar-refractivity contribution in [3.63, 3.8) is 0 Å². The van der Waals surface area contributed by atoms with Crippen LogP contribution in [0.15, 0.2) is 42.5 Å².